The Morgan fingerprint density at radius 2 is 2.12 bits per heavy atom. The number of hydrogen-bond acceptors (Lipinski definition) is 3. The van der Waals surface area contributed by atoms with Gasteiger partial charge in [-0.3, -0.25) is 0 Å². The number of carbonyl (C=O) groups is 1. The zero-order chi connectivity index (χ0) is 12.0. The fraction of sp³-hybridized carbons (Fsp3) is 0.917. The van der Waals surface area contributed by atoms with Gasteiger partial charge in [0.2, 0.25) is 0 Å². The summed E-state index contributed by atoms with van der Waals surface area (Å²) < 4.78 is 5.40. The lowest BCUT2D eigenvalue weighted by atomic mass is 9.99. The van der Waals surface area contributed by atoms with E-state index in [1.54, 1.807) is 0 Å². The second-order valence-corrected chi connectivity index (χ2v) is 5.90. The average Bonchev–Trinajstić information content (AvgIpc) is 2.78. The summed E-state index contributed by atoms with van der Waals surface area (Å²) in [7, 11) is 0. The van der Waals surface area contributed by atoms with Crippen molar-refractivity contribution in [1.29, 1.82) is 0 Å². The van der Waals surface area contributed by atoms with Crippen LogP contribution in [0, 0.1) is 5.92 Å². The van der Waals surface area contributed by atoms with Crippen molar-refractivity contribution in [3.8, 4) is 0 Å². The van der Waals surface area contributed by atoms with Gasteiger partial charge in [-0.15, -0.1) is 0 Å². The molecule has 0 bridgehead atoms. The van der Waals surface area contributed by atoms with E-state index in [-0.39, 0.29) is 24.2 Å². The summed E-state index contributed by atoms with van der Waals surface area (Å²) in [6.45, 7) is 6.54. The normalized spacial score (nSPS) is 27.2. The lowest BCUT2D eigenvalue weighted by molar-refractivity contribution is 0.0163. The van der Waals surface area contributed by atoms with Gasteiger partial charge in [0, 0.05) is 19.1 Å². The number of ether oxygens (including phenoxy) is 1. The van der Waals surface area contributed by atoms with Crippen molar-refractivity contribution >= 4 is 6.09 Å². The second kappa shape index (κ2) is 3.62. The van der Waals surface area contributed by atoms with Crippen LogP contribution in [0.2, 0.25) is 0 Å². The largest absolute Gasteiger partial charge is 0.444 e. The minimum Gasteiger partial charge on any atom is -0.444 e. The smallest absolute Gasteiger partial charge is 0.410 e. The van der Waals surface area contributed by atoms with Crippen LogP contribution in [-0.4, -0.2) is 40.4 Å². The maximum Gasteiger partial charge on any atom is 0.410 e. The van der Waals surface area contributed by atoms with Crippen molar-refractivity contribution in [3.63, 3.8) is 0 Å². The van der Waals surface area contributed by atoms with Gasteiger partial charge in [-0.25, -0.2) is 4.79 Å². The third kappa shape index (κ3) is 1.90. The van der Waals surface area contributed by atoms with Crippen molar-refractivity contribution < 1.29 is 14.6 Å². The Labute approximate surface area is 96.6 Å². The van der Waals surface area contributed by atoms with Crippen molar-refractivity contribution in [1.82, 2.24) is 4.90 Å². The molecule has 1 saturated carbocycles. The Morgan fingerprint density at radius 1 is 1.50 bits per heavy atom. The van der Waals surface area contributed by atoms with E-state index < -0.39 is 5.60 Å². The second-order valence-electron chi connectivity index (χ2n) is 5.90. The maximum absolute atomic E-state index is 12.0. The summed E-state index contributed by atoms with van der Waals surface area (Å²) in [4.78, 5) is 13.8. The molecule has 0 aromatic rings. The first kappa shape index (κ1) is 11.7. The van der Waals surface area contributed by atoms with Crippen LogP contribution in [-0.2, 0) is 4.74 Å². The molecule has 16 heavy (non-hydrogen) atoms. The summed E-state index contributed by atoms with van der Waals surface area (Å²) in [6, 6.07) is 0. The molecule has 0 aromatic heterocycles. The molecule has 1 atom stereocenters. The topological polar surface area (TPSA) is 49.8 Å². The number of amides is 1. The molecular weight excluding hydrogens is 206 g/mol. The summed E-state index contributed by atoms with van der Waals surface area (Å²) >= 11 is 0. The van der Waals surface area contributed by atoms with E-state index in [2.05, 4.69) is 0 Å². The minimum absolute atomic E-state index is 0.0723. The molecule has 1 heterocycles. The summed E-state index contributed by atoms with van der Waals surface area (Å²) in [5.74, 6) is 0.250. The first-order valence-electron chi connectivity index (χ1n) is 6.00. The predicted molar refractivity (Wildman–Crippen MR) is 60.1 cm³/mol. The first-order valence-corrected chi connectivity index (χ1v) is 6.00. The molecule has 1 spiro atoms. The molecule has 0 radical (unpaired) electrons. The summed E-state index contributed by atoms with van der Waals surface area (Å²) in [5.41, 5.74) is -0.512. The van der Waals surface area contributed by atoms with Gasteiger partial charge in [-0.05, 0) is 40.0 Å². The molecule has 1 N–H and O–H groups in total. The standard InChI is InChI=1S/C12H21NO3/c1-11(2,3)16-10(15)13-7-4-9(8-14)12(13)5-6-12/h9,14H,4-8H2,1-3H3. The van der Waals surface area contributed by atoms with E-state index in [0.717, 1.165) is 25.8 Å². The Bertz CT molecular complexity index is 291. The highest BCUT2D eigenvalue weighted by molar-refractivity contribution is 5.70. The van der Waals surface area contributed by atoms with Gasteiger partial charge in [0.15, 0.2) is 0 Å². The number of nitrogens with zero attached hydrogens (tertiary/aromatic N) is 1. The summed E-state index contributed by atoms with van der Waals surface area (Å²) in [5, 5.41) is 9.29. The van der Waals surface area contributed by atoms with E-state index >= 15 is 0 Å². The monoisotopic (exact) mass is 227 g/mol. The number of likely N-dealkylation sites (tertiary alicyclic amines) is 1. The van der Waals surface area contributed by atoms with Crippen LogP contribution in [0.15, 0.2) is 0 Å². The van der Waals surface area contributed by atoms with Gasteiger partial charge in [-0.1, -0.05) is 0 Å². The molecule has 0 aromatic carbocycles. The van der Waals surface area contributed by atoms with E-state index in [4.69, 9.17) is 4.74 Å². The highest BCUT2D eigenvalue weighted by Crippen LogP contribution is 2.53. The summed E-state index contributed by atoms with van der Waals surface area (Å²) in [6.07, 6.45) is 2.70. The van der Waals surface area contributed by atoms with Crippen LogP contribution in [0.3, 0.4) is 0 Å². The quantitative estimate of drug-likeness (QED) is 0.742. The molecular formula is C12H21NO3. The van der Waals surface area contributed by atoms with Crippen LogP contribution in [0.1, 0.15) is 40.0 Å². The molecule has 1 unspecified atom stereocenters. The molecule has 2 rings (SSSR count). The SMILES string of the molecule is CC(C)(C)OC(=O)N1CCC(CO)C12CC2. The lowest BCUT2D eigenvalue weighted by Gasteiger charge is -2.30. The molecule has 2 aliphatic rings. The van der Waals surface area contributed by atoms with Gasteiger partial charge < -0.3 is 14.7 Å². The Balaban J connectivity index is 2.04. The zero-order valence-electron chi connectivity index (χ0n) is 10.3. The van der Waals surface area contributed by atoms with Gasteiger partial charge in [0.05, 0.1) is 5.54 Å². The van der Waals surface area contributed by atoms with Crippen molar-refractivity contribution in [3.05, 3.63) is 0 Å². The Morgan fingerprint density at radius 3 is 2.56 bits per heavy atom. The van der Waals surface area contributed by atoms with Gasteiger partial charge in [0.1, 0.15) is 5.60 Å². The number of aliphatic hydroxyl groups excluding tert-OH is 1. The fourth-order valence-electron chi connectivity index (χ4n) is 2.65. The molecule has 1 aliphatic carbocycles. The van der Waals surface area contributed by atoms with Crippen LogP contribution in [0.25, 0.3) is 0 Å². The molecule has 1 aliphatic heterocycles. The third-order valence-electron chi connectivity index (χ3n) is 3.60. The third-order valence-corrected chi connectivity index (χ3v) is 3.60. The van der Waals surface area contributed by atoms with Gasteiger partial charge >= 0.3 is 6.09 Å². The van der Waals surface area contributed by atoms with E-state index in [1.165, 1.54) is 0 Å². The van der Waals surface area contributed by atoms with Crippen LogP contribution < -0.4 is 0 Å². The Kier molecular flexibility index (Phi) is 2.65. The highest BCUT2D eigenvalue weighted by Gasteiger charge is 2.59. The lowest BCUT2D eigenvalue weighted by Crippen LogP contribution is -2.43. The molecule has 1 saturated heterocycles. The first-order chi connectivity index (χ1) is 7.39. The molecule has 4 nitrogen and oxygen atoms in total. The van der Waals surface area contributed by atoms with Gasteiger partial charge in [0.25, 0.3) is 0 Å². The number of rotatable bonds is 1. The molecule has 92 valence electrons. The maximum atomic E-state index is 12.0. The van der Waals surface area contributed by atoms with Crippen molar-refractivity contribution in [2.45, 2.75) is 51.2 Å². The van der Waals surface area contributed by atoms with Crippen LogP contribution in [0.4, 0.5) is 4.79 Å². The molecule has 2 fully saturated rings. The van der Waals surface area contributed by atoms with E-state index in [0.29, 0.717) is 0 Å². The minimum atomic E-state index is -0.440. The number of carbonyl (C=O) groups excluding carboxylic acids is 1. The predicted octanol–water partition coefficient (Wildman–Crippen LogP) is 1.77. The fourth-order valence-corrected chi connectivity index (χ4v) is 2.65. The molecule has 4 heteroatoms. The van der Waals surface area contributed by atoms with Crippen LogP contribution >= 0.6 is 0 Å². The number of hydrogen-bond donors (Lipinski definition) is 1. The van der Waals surface area contributed by atoms with E-state index in [9.17, 15) is 9.90 Å². The van der Waals surface area contributed by atoms with Gasteiger partial charge in [-0.2, -0.15) is 0 Å². The van der Waals surface area contributed by atoms with Crippen LogP contribution in [0.5, 0.6) is 0 Å². The highest BCUT2D eigenvalue weighted by atomic mass is 16.6. The van der Waals surface area contributed by atoms with Crippen molar-refractivity contribution in [2.75, 3.05) is 13.2 Å². The zero-order valence-corrected chi connectivity index (χ0v) is 10.3. The number of aliphatic hydroxyl groups is 1. The van der Waals surface area contributed by atoms with Crippen molar-refractivity contribution in [2.24, 2.45) is 5.92 Å². The van der Waals surface area contributed by atoms with E-state index in [1.807, 2.05) is 25.7 Å². The average molecular weight is 227 g/mol. The Hall–Kier alpha value is -0.770. The molecule has 1 amide bonds.